The van der Waals surface area contributed by atoms with Gasteiger partial charge in [0.25, 0.3) is 0 Å². The molecule has 4 nitrogen and oxygen atoms in total. The summed E-state index contributed by atoms with van der Waals surface area (Å²) < 4.78 is 20.4. The smallest absolute Gasteiger partial charge is 0.355 e. The van der Waals surface area contributed by atoms with Gasteiger partial charge in [-0.1, -0.05) is 23.7 Å². The molecule has 1 aromatic heterocycles. The monoisotopic (exact) mass is 308 g/mol. The second kappa shape index (κ2) is 5.41. The molecule has 1 heterocycles. The fourth-order valence-corrected chi connectivity index (χ4v) is 2.38. The lowest BCUT2D eigenvalue weighted by Gasteiger charge is -2.09. The van der Waals surface area contributed by atoms with Gasteiger partial charge in [-0.25, -0.2) is 9.18 Å². The fourth-order valence-electron chi connectivity index (χ4n) is 2.20. The molecule has 1 aromatic carbocycles. The van der Waals surface area contributed by atoms with Crippen LogP contribution in [0.5, 0.6) is 0 Å². The van der Waals surface area contributed by atoms with Crippen LogP contribution in [0, 0.1) is 5.82 Å². The predicted octanol–water partition coefficient (Wildman–Crippen LogP) is 3.55. The molecular weight excluding hydrogens is 295 g/mol. The summed E-state index contributed by atoms with van der Waals surface area (Å²) in [6, 6.07) is 6.31. The number of carbonyl (C=O) groups is 1. The van der Waals surface area contributed by atoms with Crippen molar-refractivity contribution >= 4 is 23.3 Å². The quantitative estimate of drug-likeness (QED) is 0.879. The highest BCUT2D eigenvalue weighted by atomic mass is 35.5. The van der Waals surface area contributed by atoms with Crippen LogP contribution in [0.2, 0.25) is 5.02 Å². The van der Waals surface area contributed by atoms with E-state index >= 15 is 0 Å². The number of anilines is 1. The van der Waals surface area contributed by atoms with Gasteiger partial charge in [0, 0.05) is 17.8 Å². The van der Waals surface area contributed by atoms with Gasteiger partial charge in [0.05, 0.1) is 10.7 Å². The molecular formula is C15H14ClFN2O2. The van der Waals surface area contributed by atoms with Crippen molar-refractivity contribution in [2.45, 2.75) is 25.5 Å². The van der Waals surface area contributed by atoms with Crippen molar-refractivity contribution in [3.05, 3.63) is 52.6 Å². The average Bonchev–Trinajstić information content (AvgIpc) is 3.23. The summed E-state index contributed by atoms with van der Waals surface area (Å²) in [5.74, 6) is -1.02. The van der Waals surface area contributed by atoms with E-state index in [1.54, 1.807) is 18.3 Å². The van der Waals surface area contributed by atoms with Crippen LogP contribution in [-0.2, 0) is 11.3 Å². The predicted molar refractivity (Wildman–Crippen MR) is 77.6 cm³/mol. The Hall–Kier alpha value is -2.01. The zero-order valence-corrected chi connectivity index (χ0v) is 11.9. The number of nitrogen functional groups attached to an aromatic ring is 1. The van der Waals surface area contributed by atoms with Crippen molar-refractivity contribution in [3.63, 3.8) is 0 Å². The summed E-state index contributed by atoms with van der Waals surface area (Å²) in [6.45, 7) is -0.0782. The maximum absolute atomic E-state index is 13.3. The summed E-state index contributed by atoms with van der Waals surface area (Å²) in [4.78, 5) is 12.1. The van der Waals surface area contributed by atoms with E-state index in [-0.39, 0.29) is 11.6 Å². The molecule has 0 radical (unpaired) electrons. The Bertz CT molecular complexity index is 695. The highest BCUT2D eigenvalue weighted by molar-refractivity contribution is 6.31. The zero-order chi connectivity index (χ0) is 15.0. The van der Waals surface area contributed by atoms with Gasteiger partial charge in [0.15, 0.2) is 0 Å². The number of nitrogens with zero attached hydrogens (tertiary/aromatic N) is 1. The van der Waals surface area contributed by atoms with E-state index in [1.807, 2.05) is 4.57 Å². The molecule has 0 amide bonds. The van der Waals surface area contributed by atoms with Crippen LogP contribution in [0.1, 0.15) is 34.9 Å². The standard InChI is InChI=1S/C15H14ClFN2O2/c16-14-9(2-1-3-12(14)17)8-21-15(20)13-6-10(18)7-19(13)11-4-5-11/h1-3,6-7,11H,4-5,8,18H2. The lowest BCUT2D eigenvalue weighted by atomic mass is 10.2. The van der Waals surface area contributed by atoms with Crippen molar-refractivity contribution in [3.8, 4) is 0 Å². The minimum absolute atomic E-state index is 0.0256. The van der Waals surface area contributed by atoms with Crippen LogP contribution >= 0.6 is 11.6 Å². The highest BCUT2D eigenvalue weighted by Crippen LogP contribution is 2.37. The highest BCUT2D eigenvalue weighted by Gasteiger charge is 2.28. The van der Waals surface area contributed by atoms with E-state index in [0.29, 0.717) is 23.0 Å². The summed E-state index contributed by atoms with van der Waals surface area (Å²) >= 11 is 5.83. The molecule has 1 aliphatic carbocycles. The zero-order valence-electron chi connectivity index (χ0n) is 11.2. The minimum Gasteiger partial charge on any atom is -0.456 e. The first-order chi connectivity index (χ1) is 10.1. The van der Waals surface area contributed by atoms with Gasteiger partial charge >= 0.3 is 5.97 Å². The van der Waals surface area contributed by atoms with Crippen molar-refractivity contribution in [1.29, 1.82) is 0 Å². The maximum Gasteiger partial charge on any atom is 0.355 e. The van der Waals surface area contributed by atoms with E-state index in [9.17, 15) is 9.18 Å². The lowest BCUT2D eigenvalue weighted by molar-refractivity contribution is 0.0459. The molecule has 0 spiro atoms. The third kappa shape index (κ3) is 2.88. The number of halogens is 2. The van der Waals surface area contributed by atoms with Crippen molar-refractivity contribution in [2.75, 3.05) is 5.73 Å². The van der Waals surface area contributed by atoms with Gasteiger partial charge in [-0.2, -0.15) is 0 Å². The number of aromatic nitrogens is 1. The first-order valence-electron chi connectivity index (χ1n) is 6.63. The van der Waals surface area contributed by atoms with Crippen LogP contribution in [0.15, 0.2) is 30.5 Å². The molecule has 6 heteroatoms. The van der Waals surface area contributed by atoms with Crippen LogP contribution in [0.3, 0.4) is 0 Å². The third-order valence-corrected chi connectivity index (χ3v) is 3.83. The molecule has 1 aliphatic rings. The number of hydrogen-bond donors (Lipinski definition) is 1. The Kier molecular flexibility index (Phi) is 3.59. The molecule has 21 heavy (non-hydrogen) atoms. The van der Waals surface area contributed by atoms with Gasteiger partial charge in [0.1, 0.15) is 18.1 Å². The van der Waals surface area contributed by atoms with Gasteiger partial charge in [0.2, 0.25) is 0 Å². The van der Waals surface area contributed by atoms with Gasteiger partial charge in [-0.3, -0.25) is 0 Å². The average molecular weight is 309 g/mol. The summed E-state index contributed by atoms with van der Waals surface area (Å²) in [5, 5.41) is -0.0256. The molecule has 2 aromatic rings. The summed E-state index contributed by atoms with van der Waals surface area (Å²) in [7, 11) is 0. The number of esters is 1. The second-order valence-corrected chi connectivity index (χ2v) is 5.46. The molecule has 0 saturated heterocycles. The van der Waals surface area contributed by atoms with E-state index in [2.05, 4.69) is 0 Å². The Labute approximate surface area is 126 Å². The number of nitrogens with two attached hydrogens (primary N) is 1. The SMILES string of the molecule is Nc1cc(C(=O)OCc2cccc(F)c2Cl)n(C2CC2)c1. The van der Waals surface area contributed by atoms with Crippen LogP contribution in [-0.4, -0.2) is 10.5 Å². The number of hydrogen-bond acceptors (Lipinski definition) is 3. The first-order valence-corrected chi connectivity index (χ1v) is 7.01. The van der Waals surface area contributed by atoms with E-state index < -0.39 is 11.8 Å². The van der Waals surface area contributed by atoms with Gasteiger partial charge in [-0.05, 0) is 25.0 Å². The number of rotatable bonds is 4. The third-order valence-electron chi connectivity index (χ3n) is 3.41. The Morgan fingerprint density at radius 1 is 1.48 bits per heavy atom. The normalized spacial score (nSPS) is 14.2. The molecule has 3 rings (SSSR count). The van der Waals surface area contributed by atoms with Crippen LogP contribution in [0.25, 0.3) is 0 Å². The number of ether oxygens (including phenoxy) is 1. The molecule has 110 valence electrons. The van der Waals surface area contributed by atoms with E-state index in [4.69, 9.17) is 22.1 Å². The largest absolute Gasteiger partial charge is 0.456 e. The molecule has 1 saturated carbocycles. The fraction of sp³-hybridized carbons (Fsp3) is 0.267. The van der Waals surface area contributed by atoms with Crippen LogP contribution in [0.4, 0.5) is 10.1 Å². The number of carbonyl (C=O) groups excluding carboxylic acids is 1. The molecule has 0 unspecified atom stereocenters. The number of benzene rings is 1. The van der Waals surface area contributed by atoms with Crippen molar-refractivity contribution in [2.24, 2.45) is 0 Å². The summed E-state index contributed by atoms with van der Waals surface area (Å²) in [5.41, 5.74) is 7.11. The lowest BCUT2D eigenvalue weighted by Crippen LogP contribution is -2.11. The van der Waals surface area contributed by atoms with Crippen molar-refractivity contribution < 1.29 is 13.9 Å². The van der Waals surface area contributed by atoms with E-state index in [0.717, 1.165) is 12.8 Å². The first kappa shape index (κ1) is 13.9. The Morgan fingerprint density at radius 3 is 2.95 bits per heavy atom. The second-order valence-electron chi connectivity index (χ2n) is 5.09. The Morgan fingerprint density at radius 2 is 2.24 bits per heavy atom. The molecule has 2 N–H and O–H groups in total. The van der Waals surface area contributed by atoms with Crippen LogP contribution < -0.4 is 5.73 Å². The maximum atomic E-state index is 13.3. The molecule has 1 fully saturated rings. The van der Waals surface area contributed by atoms with Gasteiger partial charge < -0.3 is 15.0 Å². The minimum atomic E-state index is -0.532. The summed E-state index contributed by atoms with van der Waals surface area (Å²) in [6.07, 6.45) is 3.80. The van der Waals surface area contributed by atoms with Crippen molar-refractivity contribution in [1.82, 2.24) is 4.57 Å². The topological polar surface area (TPSA) is 57.3 Å². The molecule has 0 aliphatic heterocycles. The molecule has 0 bridgehead atoms. The molecule has 0 atom stereocenters. The van der Waals surface area contributed by atoms with E-state index in [1.165, 1.54) is 12.1 Å². The Balaban J connectivity index is 1.73. The van der Waals surface area contributed by atoms with Gasteiger partial charge in [-0.15, -0.1) is 0 Å².